The van der Waals surface area contributed by atoms with Gasteiger partial charge in [-0.05, 0) is 37.3 Å². The molecule has 2 heteroatoms. The highest BCUT2D eigenvalue weighted by Gasteiger charge is 2.34. The molecule has 0 amide bonds. The molecule has 90 valence electrons. The number of carbonyl (C=O) groups excluding carboxylic acids is 1. The maximum Gasteiger partial charge on any atom is 0.159 e. The van der Waals surface area contributed by atoms with Gasteiger partial charge in [0.15, 0.2) is 5.78 Å². The Kier molecular flexibility index (Phi) is 5.40. The second-order valence-electron chi connectivity index (χ2n) is 4.89. The number of Topliss-reactive ketones (excluding diaryl/α,β-unsaturated/α-hetero) is 1. The summed E-state index contributed by atoms with van der Waals surface area (Å²) in [4.78, 5) is 11.6. The summed E-state index contributed by atoms with van der Waals surface area (Å²) < 4.78 is 0. The van der Waals surface area contributed by atoms with Crippen molar-refractivity contribution in [2.75, 3.05) is 0 Å². The fourth-order valence-electron chi connectivity index (χ4n) is 1.95. The van der Waals surface area contributed by atoms with E-state index in [0.29, 0.717) is 6.42 Å². The van der Waals surface area contributed by atoms with Crippen LogP contribution < -0.4 is 0 Å². The van der Waals surface area contributed by atoms with Crippen LogP contribution in [0.25, 0.3) is 0 Å². The molecule has 0 radical (unpaired) electrons. The smallest absolute Gasteiger partial charge is 0.159 e. The van der Waals surface area contributed by atoms with Crippen molar-refractivity contribution in [3.8, 4) is 0 Å². The number of hydrogen-bond donors (Lipinski definition) is 0. The normalized spacial score (nSPS) is 20.6. The Morgan fingerprint density at radius 2 is 1.94 bits per heavy atom. The zero-order valence-corrected chi connectivity index (χ0v) is 12.5. The Labute approximate surface area is 109 Å². The summed E-state index contributed by atoms with van der Waals surface area (Å²) in [5.41, 5.74) is 3.35. The molecular formula is C14H21BrO. The Morgan fingerprint density at radius 3 is 2.31 bits per heavy atom. The number of hydrogen-bond acceptors (Lipinski definition) is 1. The second-order valence-corrected chi connectivity index (χ2v) is 4.89. The van der Waals surface area contributed by atoms with Crippen molar-refractivity contribution in [2.45, 2.75) is 41.0 Å². The van der Waals surface area contributed by atoms with Crippen molar-refractivity contribution in [3.63, 3.8) is 0 Å². The van der Waals surface area contributed by atoms with E-state index in [2.05, 4.69) is 39.0 Å². The van der Waals surface area contributed by atoms with E-state index in [-0.39, 0.29) is 28.2 Å². The van der Waals surface area contributed by atoms with Gasteiger partial charge in [-0.25, -0.2) is 0 Å². The number of halogens is 1. The largest absolute Gasteiger partial charge is 0.295 e. The summed E-state index contributed by atoms with van der Waals surface area (Å²) in [6.07, 6.45) is 6.89. The van der Waals surface area contributed by atoms with Crippen molar-refractivity contribution < 1.29 is 4.79 Å². The molecule has 0 bridgehead atoms. The van der Waals surface area contributed by atoms with Crippen LogP contribution in [0.3, 0.4) is 0 Å². The van der Waals surface area contributed by atoms with Crippen molar-refractivity contribution in [2.24, 2.45) is 5.41 Å². The molecule has 0 spiro atoms. The van der Waals surface area contributed by atoms with Crippen LogP contribution in [-0.4, -0.2) is 5.78 Å². The summed E-state index contributed by atoms with van der Waals surface area (Å²) in [5.74, 6) is 0.290. The molecule has 0 aromatic heterocycles. The molecule has 0 unspecified atom stereocenters. The Bertz CT molecular complexity index is 370. The van der Waals surface area contributed by atoms with Crippen molar-refractivity contribution in [1.82, 2.24) is 0 Å². The highest BCUT2D eigenvalue weighted by atomic mass is 79.9. The summed E-state index contributed by atoms with van der Waals surface area (Å²) in [5, 5.41) is 0. The molecule has 0 aromatic carbocycles. The predicted molar refractivity (Wildman–Crippen MR) is 75.0 cm³/mol. The molecular weight excluding hydrogens is 264 g/mol. The average molecular weight is 285 g/mol. The van der Waals surface area contributed by atoms with E-state index >= 15 is 0 Å². The zero-order chi connectivity index (χ0) is 11.6. The lowest BCUT2D eigenvalue weighted by Crippen LogP contribution is -2.09. The quantitative estimate of drug-likeness (QED) is 0.687. The SMILES string of the molecule is Br.CC=C(C)C=CC1=C(C)C(=O)CC1(C)C. The van der Waals surface area contributed by atoms with E-state index in [1.807, 2.05) is 13.8 Å². The average Bonchev–Trinajstić information content (AvgIpc) is 2.34. The number of ketones is 1. The van der Waals surface area contributed by atoms with Crippen LogP contribution in [0, 0.1) is 5.41 Å². The van der Waals surface area contributed by atoms with Crippen molar-refractivity contribution in [3.05, 3.63) is 34.9 Å². The monoisotopic (exact) mass is 284 g/mol. The predicted octanol–water partition coefficient (Wildman–Crippen LogP) is 4.40. The number of allylic oxidation sites excluding steroid dienone is 6. The molecule has 1 nitrogen and oxygen atoms in total. The molecule has 0 saturated carbocycles. The molecule has 0 saturated heterocycles. The minimum Gasteiger partial charge on any atom is -0.295 e. The summed E-state index contributed by atoms with van der Waals surface area (Å²) >= 11 is 0. The van der Waals surface area contributed by atoms with Crippen LogP contribution in [0.2, 0.25) is 0 Å². The molecule has 0 fully saturated rings. The van der Waals surface area contributed by atoms with Gasteiger partial charge in [-0.3, -0.25) is 4.79 Å². The van der Waals surface area contributed by atoms with Crippen LogP contribution in [0.5, 0.6) is 0 Å². The standard InChI is InChI=1S/C14H20O.BrH/c1-6-10(2)7-8-12-11(3)13(15)9-14(12,4)5;/h6-8H,9H2,1-5H3;1H. The van der Waals surface area contributed by atoms with E-state index < -0.39 is 0 Å². The van der Waals surface area contributed by atoms with E-state index in [1.165, 1.54) is 11.1 Å². The molecule has 0 atom stereocenters. The van der Waals surface area contributed by atoms with Gasteiger partial charge in [-0.2, -0.15) is 0 Å². The van der Waals surface area contributed by atoms with Crippen LogP contribution >= 0.6 is 17.0 Å². The van der Waals surface area contributed by atoms with Crippen LogP contribution in [0.4, 0.5) is 0 Å². The topological polar surface area (TPSA) is 17.1 Å². The van der Waals surface area contributed by atoms with E-state index in [1.54, 1.807) is 0 Å². The van der Waals surface area contributed by atoms with Gasteiger partial charge in [-0.15, -0.1) is 17.0 Å². The Hall–Kier alpha value is -0.630. The lowest BCUT2D eigenvalue weighted by Gasteiger charge is -2.19. The molecule has 0 aliphatic heterocycles. The summed E-state index contributed by atoms with van der Waals surface area (Å²) in [6.45, 7) is 10.3. The first-order valence-corrected chi connectivity index (χ1v) is 5.44. The van der Waals surface area contributed by atoms with E-state index in [4.69, 9.17) is 0 Å². The third kappa shape index (κ3) is 3.18. The molecule has 16 heavy (non-hydrogen) atoms. The third-order valence-electron chi connectivity index (χ3n) is 3.12. The van der Waals surface area contributed by atoms with Gasteiger partial charge in [-0.1, -0.05) is 37.6 Å². The maximum atomic E-state index is 11.6. The molecule has 0 N–H and O–H groups in total. The van der Waals surface area contributed by atoms with Gasteiger partial charge < -0.3 is 0 Å². The third-order valence-corrected chi connectivity index (χ3v) is 3.12. The van der Waals surface area contributed by atoms with Crippen molar-refractivity contribution >= 4 is 22.8 Å². The van der Waals surface area contributed by atoms with Gasteiger partial charge in [0.1, 0.15) is 0 Å². The summed E-state index contributed by atoms with van der Waals surface area (Å²) in [6, 6.07) is 0. The lowest BCUT2D eigenvalue weighted by molar-refractivity contribution is -0.115. The van der Waals surface area contributed by atoms with Gasteiger partial charge in [0.05, 0.1) is 0 Å². The first-order valence-electron chi connectivity index (χ1n) is 5.44. The van der Waals surface area contributed by atoms with Crippen LogP contribution in [0.15, 0.2) is 34.9 Å². The minimum absolute atomic E-state index is 0. The summed E-state index contributed by atoms with van der Waals surface area (Å²) in [7, 11) is 0. The fourth-order valence-corrected chi connectivity index (χ4v) is 1.95. The second kappa shape index (κ2) is 5.62. The number of carbonyl (C=O) groups is 1. The van der Waals surface area contributed by atoms with Gasteiger partial charge in [0.25, 0.3) is 0 Å². The van der Waals surface area contributed by atoms with Crippen LogP contribution in [-0.2, 0) is 4.79 Å². The molecule has 1 aliphatic rings. The molecule has 0 heterocycles. The fraction of sp³-hybridized carbons (Fsp3) is 0.500. The number of rotatable bonds is 2. The highest BCUT2D eigenvalue weighted by Crippen LogP contribution is 2.40. The van der Waals surface area contributed by atoms with Gasteiger partial charge in [0.2, 0.25) is 0 Å². The Balaban J connectivity index is 0.00000225. The lowest BCUT2D eigenvalue weighted by atomic mass is 9.85. The maximum absolute atomic E-state index is 11.6. The van der Waals surface area contributed by atoms with Gasteiger partial charge in [0, 0.05) is 6.42 Å². The Morgan fingerprint density at radius 1 is 1.38 bits per heavy atom. The first-order chi connectivity index (χ1) is 6.88. The zero-order valence-electron chi connectivity index (χ0n) is 10.8. The van der Waals surface area contributed by atoms with E-state index in [0.717, 1.165) is 5.57 Å². The van der Waals surface area contributed by atoms with Crippen LogP contribution in [0.1, 0.15) is 41.0 Å². The highest BCUT2D eigenvalue weighted by molar-refractivity contribution is 8.93. The minimum atomic E-state index is 0. The molecule has 0 aromatic rings. The first kappa shape index (κ1) is 15.4. The molecule has 1 rings (SSSR count). The van der Waals surface area contributed by atoms with Crippen molar-refractivity contribution in [1.29, 1.82) is 0 Å². The van der Waals surface area contributed by atoms with E-state index in [9.17, 15) is 4.79 Å². The van der Waals surface area contributed by atoms with Gasteiger partial charge >= 0.3 is 0 Å². The molecule has 1 aliphatic carbocycles.